The number of piperidine rings is 1. The third-order valence-electron chi connectivity index (χ3n) is 6.37. The molecule has 0 spiro atoms. The van der Waals surface area contributed by atoms with Crippen LogP contribution in [0.2, 0.25) is 0 Å². The molecule has 0 radical (unpaired) electrons. The number of fused-ring (bicyclic) bond motifs is 1. The monoisotopic (exact) mass is 483 g/mol. The number of hydrogen-bond donors (Lipinski definition) is 1. The van der Waals surface area contributed by atoms with Gasteiger partial charge in [-0.05, 0) is 55.7 Å². The number of likely N-dealkylation sites (tertiary alicyclic amines) is 1. The first kappa shape index (κ1) is 23.2. The number of aromatic nitrogens is 2. The van der Waals surface area contributed by atoms with Gasteiger partial charge in [0, 0.05) is 46.7 Å². The highest BCUT2D eigenvalue weighted by Crippen LogP contribution is 2.35. The molecule has 182 valence electrons. The molecular weight excluding hydrogens is 458 g/mol. The second-order valence-electron chi connectivity index (χ2n) is 8.64. The van der Waals surface area contributed by atoms with Crippen LogP contribution in [-0.4, -0.2) is 46.1 Å². The van der Waals surface area contributed by atoms with Gasteiger partial charge in [-0.2, -0.15) is 0 Å². The summed E-state index contributed by atoms with van der Waals surface area (Å²) in [5.74, 6) is 0.790. The van der Waals surface area contributed by atoms with Crippen LogP contribution in [0.1, 0.15) is 29.6 Å². The van der Waals surface area contributed by atoms with Gasteiger partial charge < -0.3 is 15.0 Å². The van der Waals surface area contributed by atoms with Crippen LogP contribution in [0.25, 0.3) is 22.0 Å². The second kappa shape index (κ2) is 9.99. The van der Waals surface area contributed by atoms with Crippen molar-refractivity contribution >= 4 is 33.9 Å². The van der Waals surface area contributed by atoms with Crippen molar-refractivity contribution in [1.82, 2.24) is 15.1 Å². The maximum atomic E-state index is 12.8. The molecule has 4 aromatic rings. The third-order valence-corrected chi connectivity index (χ3v) is 6.37. The topological polar surface area (TPSA) is 110 Å². The van der Waals surface area contributed by atoms with Crippen LogP contribution < -0.4 is 10.1 Å². The summed E-state index contributed by atoms with van der Waals surface area (Å²) >= 11 is 0. The Kier molecular flexibility index (Phi) is 6.44. The van der Waals surface area contributed by atoms with E-state index in [1.54, 1.807) is 12.1 Å². The fourth-order valence-corrected chi connectivity index (χ4v) is 4.50. The summed E-state index contributed by atoms with van der Waals surface area (Å²) in [5.41, 5.74) is 2.40. The van der Waals surface area contributed by atoms with Crippen molar-refractivity contribution in [2.45, 2.75) is 19.3 Å². The van der Waals surface area contributed by atoms with Gasteiger partial charge in [-0.1, -0.05) is 24.3 Å². The van der Waals surface area contributed by atoms with E-state index < -0.39 is 4.92 Å². The molecule has 1 saturated heterocycles. The van der Waals surface area contributed by atoms with Crippen LogP contribution in [0, 0.1) is 10.1 Å². The van der Waals surface area contributed by atoms with E-state index in [1.807, 2.05) is 53.4 Å². The molecule has 1 aliphatic rings. The fraction of sp³-hybridized carbons (Fsp3) is 0.222. The number of carbonyl (C=O) groups is 1. The van der Waals surface area contributed by atoms with Crippen LogP contribution in [0.15, 0.2) is 66.7 Å². The number of benzene rings is 3. The predicted octanol–water partition coefficient (Wildman–Crippen LogP) is 5.58. The molecule has 9 heteroatoms. The minimum atomic E-state index is -0.479. The van der Waals surface area contributed by atoms with Crippen LogP contribution in [0.4, 0.5) is 17.2 Å². The molecule has 1 N–H and O–H groups in total. The Morgan fingerprint density at radius 3 is 2.39 bits per heavy atom. The first-order valence-electron chi connectivity index (χ1n) is 11.8. The number of hydrogen-bond acceptors (Lipinski definition) is 7. The lowest BCUT2D eigenvalue weighted by molar-refractivity contribution is -0.385. The number of nitro groups is 1. The molecule has 1 amide bonds. The summed E-state index contributed by atoms with van der Waals surface area (Å²) in [4.78, 5) is 25.7. The van der Waals surface area contributed by atoms with E-state index in [0.29, 0.717) is 22.6 Å². The minimum absolute atomic E-state index is 0.0597. The van der Waals surface area contributed by atoms with Gasteiger partial charge in [0.15, 0.2) is 11.6 Å². The van der Waals surface area contributed by atoms with Crippen molar-refractivity contribution in [2.75, 3.05) is 25.5 Å². The number of methoxy groups -OCH3 is 1. The number of nitro benzene ring substituents is 1. The first-order valence-corrected chi connectivity index (χ1v) is 11.8. The zero-order valence-electron chi connectivity index (χ0n) is 19.8. The second-order valence-corrected chi connectivity index (χ2v) is 8.64. The lowest BCUT2D eigenvalue weighted by Gasteiger charge is -2.26. The molecule has 9 nitrogen and oxygen atoms in total. The van der Waals surface area contributed by atoms with Gasteiger partial charge in [0.1, 0.15) is 5.69 Å². The zero-order valence-corrected chi connectivity index (χ0v) is 19.8. The average molecular weight is 484 g/mol. The number of nitrogens with one attached hydrogen (secondary N) is 1. The lowest BCUT2D eigenvalue weighted by atomic mass is 10.0. The van der Waals surface area contributed by atoms with Crippen LogP contribution in [0.5, 0.6) is 5.75 Å². The highest BCUT2D eigenvalue weighted by molar-refractivity contribution is 6.01. The number of anilines is 2. The molecule has 36 heavy (non-hydrogen) atoms. The Labute approximate surface area is 207 Å². The van der Waals surface area contributed by atoms with Crippen molar-refractivity contribution in [3.8, 4) is 17.0 Å². The van der Waals surface area contributed by atoms with E-state index >= 15 is 0 Å². The lowest BCUT2D eigenvalue weighted by Crippen LogP contribution is -2.35. The van der Waals surface area contributed by atoms with Gasteiger partial charge in [0.2, 0.25) is 0 Å². The van der Waals surface area contributed by atoms with Gasteiger partial charge in [-0.25, -0.2) is 0 Å². The predicted molar refractivity (Wildman–Crippen MR) is 138 cm³/mol. The third kappa shape index (κ3) is 4.55. The molecule has 2 heterocycles. The number of nitrogens with zero attached hydrogens (tertiary/aromatic N) is 4. The summed E-state index contributed by atoms with van der Waals surface area (Å²) in [7, 11) is 1.40. The largest absolute Gasteiger partial charge is 0.490 e. The highest BCUT2D eigenvalue weighted by Gasteiger charge is 2.20. The molecule has 5 rings (SSSR count). The molecule has 1 aliphatic heterocycles. The molecule has 0 saturated carbocycles. The number of carbonyl (C=O) groups excluding carboxylic acids is 1. The standard InChI is InChI=1S/C27H25N5O4/c1-36-24-14-11-19(17-23(24)32(34)35)25-21-7-3-4-8-22(21)26(30-29-25)28-20-12-9-18(10-13-20)27(33)31-15-5-2-6-16-31/h3-4,7-14,17H,2,5-6,15-16H2,1H3,(H,28,30). The molecule has 0 bridgehead atoms. The zero-order chi connectivity index (χ0) is 25.1. The maximum Gasteiger partial charge on any atom is 0.311 e. The summed E-state index contributed by atoms with van der Waals surface area (Å²) in [6, 6.07) is 19.7. The van der Waals surface area contributed by atoms with E-state index in [1.165, 1.54) is 19.6 Å². The van der Waals surface area contributed by atoms with E-state index in [-0.39, 0.29) is 17.3 Å². The SMILES string of the molecule is COc1ccc(-c2nnc(Nc3ccc(C(=O)N4CCCCC4)cc3)c3ccccc23)cc1[N+](=O)[O-]. The molecule has 1 fully saturated rings. The fourth-order valence-electron chi connectivity index (χ4n) is 4.50. The summed E-state index contributed by atoms with van der Waals surface area (Å²) in [5, 5.41) is 25.2. The first-order chi connectivity index (χ1) is 17.5. The molecule has 0 atom stereocenters. The average Bonchev–Trinajstić information content (AvgIpc) is 2.93. The Morgan fingerprint density at radius 2 is 1.69 bits per heavy atom. The number of ether oxygens (including phenoxy) is 1. The quantitative estimate of drug-likeness (QED) is 0.281. The van der Waals surface area contributed by atoms with Crippen molar-refractivity contribution in [3.63, 3.8) is 0 Å². The van der Waals surface area contributed by atoms with Crippen molar-refractivity contribution in [2.24, 2.45) is 0 Å². The number of rotatable bonds is 6. The Bertz CT molecular complexity index is 1430. The van der Waals surface area contributed by atoms with Gasteiger partial charge in [-0.15, -0.1) is 10.2 Å². The van der Waals surface area contributed by atoms with Crippen molar-refractivity contribution in [1.29, 1.82) is 0 Å². The van der Waals surface area contributed by atoms with Crippen molar-refractivity contribution < 1.29 is 14.5 Å². The van der Waals surface area contributed by atoms with E-state index in [0.717, 1.165) is 42.4 Å². The van der Waals surface area contributed by atoms with E-state index in [2.05, 4.69) is 15.5 Å². The van der Waals surface area contributed by atoms with Crippen LogP contribution >= 0.6 is 0 Å². The van der Waals surface area contributed by atoms with Crippen molar-refractivity contribution in [3.05, 3.63) is 82.4 Å². The molecule has 0 unspecified atom stereocenters. The molecule has 0 aliphatic carbocycles. The number of amides is 1. The summed E-state index contributed by atoms with van der Waals surface area (Å²) in [6.45, 7) is 1.62. The summed E-state index contributed by atoms with van der Waals surface area (Å²) < 4.78 is 5.12. The molecular formula is C27H25N5O4. The minimum Gasteiger partial charge on any atom is -0.490 e. The Morgan fingerprint density at radius 1 is 0.972 bits per heavy atom. The van der Waals surface area contributed by atoms with Gasteiger partial charge in [0.05, 0.1) is 12.0 Å². The maximum absolute atomic E-state index is 12.8. The smallest absolute Gasteiger partial charge is 0.311 e. The normalized spacial score (nSPS) is 13.4. The molecule has 3 aromatic carbocycles. The summed E-state index contributed by atoms with van der Waals surface area (Å²) in [6.07, 6.45) is 3.28. The van der Waals surface area contributed by atoms with E-state index in [4.69, 9.17) is 4.74 Å². The van der Waals surface area contributed by atoms with Crippen LogP contribution in [-0.2, 0) is 0 Å². The Hall–Kier alpha value is -4.53. The van der Waals surface area contributed by atoms with Gasteiger partial charge >= 0.3 is 5.69 Å². The highest BCUT2D eigenvalue weighted by atomic mass is 16.6. The van der Waals surface area contributed by atoms with Crippen LogP contribution in [0.3, 0.4) is 0 Å². The Balaban J connectivity index is 1.44. The van der Waals surface area contributed by atoms with Gasteiger partial charge in [-0.3, -0.25) is 14.9 Å². The van der Waals surface area contributed by atoms with E-state index in [9.17, 15) is 14.9 Å². The molecule has 1 aromatic heterocycles. The van der Waals surface area contributed by atoms with Gasteiger partial charge in [0.25, 0.3) is 5.91 Å².